The van der Waals surface area contributed by atoms with Crippen LogP contribution in [0.2, 0.25) is 0 Å². The standard InChI is InChI=1S/C12H15FN2OS/c1-8(11(14)17)7-15(2)12(16)9-3-5-10(13)6-4-9/h3-6,8H,7H2,1-2H3,(H2,14,17). The lowest BCUT2D eigenvalue weighted by Gasteiger charge is -2.21. The molecule has 0 saturated carbocycles. The maximum atomic E-state index is 12.7. The summed E-state index contributed by atoms with van der Waals surface area (Å²) in [6.07, 6.45) is 0. The van der Waals surface area contributed by atoms with Crippen molar-refractivity contribution in [3.63, 3.8) is 0 Å². The van der Waals surface area contributed by atoms with Gasteiger partial charge in [-0.3, -0.25) is 4.79 Å². The molecular weight excluding hydrogens is 239 g/mol. The quantitative estimate of drug-likeness (QED) is 0.834. The first-order valence-electron chi connectivity index (χ1n) is 5.22. The number of benzene rings is 1. The fraction of sp³-hybridized carbons (Fsp3) is 0.333. The zero-order valence-corrected chi connectivity index (χ0v) is 10.6. The molecule has 92 valence electrons. The van der Waals surface area contributed by atoms with E-state index in [0.717, 1.165) is 0 Å². The second-order valence-corrected chi connectivity index (χ2v) is 4.47. The van der Waals surface area contributed by atoms with Gasteiger partial charge in [-0.05, 0) is 24.3 Å². The lowest BCUT2D eigenvalue weighted by molar-refractivity contribution is 0.0787. The summed E-state index contributed by atoms with van der Waals surface area (Å²) in [5, 5.41) is 0. The number of hydrogen-bond acceptors (Lipinski definition) is 2. The van der Waals surface area contributed by atoms with Crippen molar-refractivity contribution in [3.05, 3.63) is 35.6 Å². The molecule has 0 radical (unpaired) electrons. The summed E-state index contributed by atoms with van der Waals surface area (Å²) in [7, 11) is 1.67. The van der Waals surface area contributed by atoms with Gasteiger partial charge in [0.1, 0.15) is 5.82 Å². The molecule has 17 heavy (non-hydrogen) atoms. The summed E-state index contributed by atoms with van der Waals surface area (Å²) in [6, 6.07) is 5.44. The monoisotopic (exact) mass is 254 g/mol. The molecule has 1 rings (SSSR count). The Morgan fingerprint density at radius 2 is 2.00 bits per heavy atom. The van der Waals surface area contributed by atoms with E-state index in [1.165, 1.54) is 29.2 Å². The smallest absolute Gasteiger partial charge is 0.253 e. The van der Waals surface area contributed by atoms with E-state index in [9.17, 15) is 9.18 Å². The largest absolute Gasteiger partial charge is 0.393 e. The topological polar surface area (TPSA) is 46.3 Å². The van der Waals surface area contributed by atoms with Crippen molar-refractivity contribution in [2.75, 3.05) is 13.6 Å². The molecular formula is C12H15FN2OS. The van der Waals surface area contributed by atoms with E-state index < -0.39 is 0 Å². The maximum absolute atomic E-state index is 12.7. The number of halogens is 1. The van der Waals surface area contributed by atoms with Crippen molar-refractivity contribution in [1.29, 1.82) is 0 Å². The molecule has 1 atom stereocenters. The molecule has 3 nitrogen and oxygen atoms in total. The average Bonchev–Trinajstić information content (AvgIpc) is 2.28. The van der Waals surface area contributed by atoms with Crippen molar-refractivity contribution in [3.8, 4) is 0 Å². The lowest BCUT2D eigenvalue weighted by Crippen LogP contribution is -2.35. The van der Waals surface area contributed by atoms with E-state index in [-0.39, 0.29) is 17.6 Å². The van der Waals surface area contributed by atoms with Gasteiger partial charge in [-0.1, -0.05) is 19.1 Å². The van der Waals surface area contributed by atoms with Crippen LogP contribution in [0.3, 0.4) is 0 Å². The number of carbonyl (C=O) groups is 1. The summed E-state index contributed by atoms with van der Waals surface area (Å²) in [5.41, 5.74) is 5.94. The molecule has 0 aliphatic rings. The number of nitrogens with two attached hydrogens (primary N) is 1. The highest BCUT2D eigenvalue weighted by Crippen LogP contribution is 2.07. The Hall–Kier alpha value is -1.49. The van der Waals surface area contributed by atoms with Crippen molar-refractivity contribution in [2.24, 2.45) is 11.7 Å². The van der Waals surface area contributed by atoms with Gasteiger partial charge in [0.2, 0.25) is 0 Å². The second kappa shape index (κ2) is 5.72. The summed E-state index contributed by atoms with van der Waals surface area (Å²) >= 11 is 4.85. The first kappa shape index (κ1) is 13.6. The van der Waals surface area contributed by atoms with E-state index in [4.69, 9.17) is 18.0 Å². The lowest BCUT2D eigenvalue weighted by atomic mass is 10.1. The summed E-state index contributed by atoms with van der Waals surface area (Å²) in [5.74, 6) is -0.576. The summed E-state index contributed by atoms with van der Waals surface area (Å²) in [4.78, 5) is 13.8. The molecule has 0 bridgehead atoms. The van der Waals surface area contributed by atoms with Gasteiger partial charge in [0.15, 0.2) is 0 Å². The van der Waals surface area contributed by atoms with E-state index >= 15 is 0 Å². The Labute approximate surface area is 105 Å². The van der Waals surface area contributed by atoms with E-state index in [0.29, 0.717) is 17.1 Å². The van der Waals surface area contributed by atoms with Gasteiger partial charge in [-0.25, -0.2) is 4.39 Å². The van der Waals surface area contributed by atoms with Crippen LogP contribution in [-0.4, -0.2) is 29.4 Å². The second-order valence-electron chi connectivity index (χ2n) is 4.00. The fourth-order valence-electron chi connectivity index (χ4n) is 1.40. The molecule has 0 spiro atoms. The highest BCUT2D eigenvalue weighted by Gasteiger charge is 2.15. The molecule has 0 aliphatic carbocycles. The van der Waals surface area contributed by atoms with E-state index in [1.807, 2.05) is 6.92 Å². The fourth-order valence-corrected chi connectivity index (χ4v) is 1.47. The minimum absolute atomic E-state index is 0.0422. The summed E-state index contributed by atoms with van der Waals surface area (Å²) in [6.45, 7) is 2.31. The number of rotatable bonds is 4. The first-order valence-corrected chi connectivity index (χ1v) is 5.63. The van der Waals surface area contributed by atoms with Gasteiger partial charge in [-0.2, -0.15) is 0 Å². The van der Waals surface area contributed by atoms with Crippen LogP contribution in [0.5, 0.6) is 0 Å². The molecule has 1 aromatic carbocycles. The molecule has 1 unspecified atom stereocenters. The van der Waals surface area contributed by atoms with Crippen LogP contribution in [0.25, 0.3) is 0 Å². The number of nitrogens with zero attached hydrogens (tertiary/aromatic N) is 1. The third kappa shape index (κ3) is 3.78. The molecule has 0 saturated heterocycles. The zero-order chi connectivity index (χ0) is 13.0. The van der Waals surface area contributed by atoms with Crippen LogP contribution >= 0.6 is 12.2 Å². The highest BCUT2D eigenvalue weighted by molar-refractivity contribution is 7.80. The van der Waals surface area contributed by atoms with E-state index in [2.05, 4.69) is 0 Å². The Balaban J connectivity index is 2.70. The third-order valence-electron chi connectivity index (χ3n) is 2.47. The molecule has 1 amide bonds. The van der Waals surface area contributed by atoms with Gasteiger partial charge in [0.25, 0.3) is 5.91 Å². The van der Waals surface area contributed by atoms with Crippen LogP contribution in [0.15, 0.2) is 24.3 Å². The number of amides is 1. The van der Waals surface area contributed by atoms with Crippen molar-refractivity contribution in [2.45, 2.75) is 6.92 Å². The molecule has 0 heterocycles. The van der Waals surface area contributed by atoms with Crippen molar-refractivity contribution in [1.82, 2.24) is 4.90 Å². The minimum Gasteiger partial charge on any atom is -0.393 e. The first-order chi connectivity index (χ1) is 7.91. The van der Waals surface area contributed by atoms with E-state index in [1.54, 1.807) is 7.05 Å². The molecule has 0 aromatic heterocycles. The molecule has 0 fully saturated rings. The normalized spacial score (nSPS) is 11.9. The zero-order valence-electron chi connectivity index (χ0n) is 9.81. The minimum atomic E-state index is -0.360. The SMILES string of the molecule is CC(CN(C)C(=O)c1ccc(F)cc1)C(N)=S. The predicted octanol–water partition coefficient (Wildman–Crippen LogP) is 1.82. The number of hydrogen-bond donors (Lipinski definition) is 1. The molecule has 1 aromatic rings. The predicted molar refractivity (Wildman–Crippen MR) is 69.3 cm³/mol. The molecule has 5 heteroatoms. The van der Waals surface area contributed by atoms with Crippen LogP contribution in [0, 0.1) is 11.7 Å². The van der Waals surface area contributed by atoms with Crippen LogP contribution in [0.1, 0.15) is 17.3 Å². The van der Waals surface area contributed by atoms with Crippen LogP contribution in [-0.2, 0) is 0 Å². The third-order valence-corrected chi connectivity index (χ3v) is 2.87. The molecule has 0 aliphatic heterocycles. The Morgan fingerprint density at radius 1 is 1.47 bits per heavy atom. The number of thiocarbonyl (C=S) groups is 1. The van der Waals surface area contributed by atoms with Crippen molar-refractivity contribution < 1.29 is 9.18 Å². The Kier molecular flexibility index (Phi) is 4.57. The van der Waals surface area contributed by atoms with Gasteiger partial charge < -0.3 is 10.6 Å². The average molecular weight is 254 g/mol. The maximum Gasteiger partial charge on any atom is 0.253 e. The Morgan fingerprint density at radius 3 is 2.47 bits per heavy atom. The van der Waals surface area contributed by atoms with Crippen LogP contribution < -0.4 is 5.73 Å². The number of carbonyl (C=O) groups excluding carboxylic acids is 1. The van der Waals surface area contributed by atoms with Gasteiger partial charge in [0.05, 0.1) is 4.99 Å². The van der Waals surface area contributed by atoms with Gasteiger partial charge in [0, 0.05) is 25.1 Å². The molecule has 2 N–H and O–H groups in total. The van der Waals surface area contributed by atoms with Crippen LogP contribution in [0.4, 0.5) is 4.39 Å². The van der Waals surface area contributed by atoms with Gasteiger partial charge >= 0.3 is 0 Å². The highest BCUT2D eigenvalue weighted by atomic mass is 32.1. The van der Waals surface area contributed by atoms with Crippen molar-refractivity contribution >= 4 is 23.1 Å². The summed E-state index contributed by atoms with van der Waals surface area (Å²) < 4.78 is 12.7. The Bertz CT molecular complexity index is 419. The van der Waals surface area contributed by atoms with Gasteiger partial charge in [-0.15, -0.1) is 0 Å².